The molecule has 120 valence electrons. The highest BCUT2D eigenvalue weighted by Crippen LogP contribution is 2.37. The van der Waals surface area contributed by atoms with Gasteiger partial charge in [0.25, 0.3) is 0 Å². The number of carbonyl (C=O) groups excluding carboxylic acids is 2. The molecule has 1 aliphatic heterocycles. The number of carbonyl (C=O) groups is 2. The van der Waals surface area contributed by atoms with Crippen molar-refractivity contribution in [2.24, 2.45) is 5.92 Å². The molecule has 7 heteroatoms. The van der Waals surface area contributed by atoms with Crippen LogP contribution in [0.3, 0.4) is 0 Å². The molecule has 2 unspecified atom stereocenters. The predicted molar refractivity (Wildman–Crippen MR) is 70.4 cm³/mol. The SMILES string of the molecule is O=C(CN1CCCCC1=O)NC1CCCC(C(F)(F)F)C1. The molecule has 2 aliphatic rings. The lowest BCUT2D eigenvalue weighted by Crippen LogP contribution is -2.47. The Morgan fingerprint density at radius 3 is 2.67 bits per heavy atom. The molecule has 1 heterocycles. The molecule has 1 N–H and O–H groups in total. The number of hydrogen-bond donors (Lipinski definition) is 1. The second kappa shape index (κ2) is 6.66. The molecule has 2 fully saturated rings. The van der Waals surface area contributed by atoms with Gasteiger partial charge in [0.15, 0.2) is 0 Å². The molecule has 2 amide bonds. The minimum absolute atomic E-state index is 0.0357. The Hall–Kier alpha value is -1.27. The minimum Gasteiger partial charge on any atom is -0.352 e. The highest BCUT2D eigenvalue weighted by molar-refractivity contribution is 5.85. The van der Waals surface area contributed by atoms with Gasteiger partial charge in [-0.2, -0.15) is 13.2 Å². The Bertz CT molecular complexity index is 398. The van der Waals surface area contributed by atoms with Crippen LogP contribution in [0.1, 0.15) is 44.9 Å². The quantitative estimate of drug-likeness (QED) is 0.869. The van der Waals surface area contributed by atoms with Crippen LogP contribution in [0.2, 0.25) is 0 Å². The minimum atomic E-state index is -4.19. The summed E-state index contributed by atoms with van der Waals surface area (Å²) in [4.78, 5) is 25.0. The van der Waals surface area contributed by atoms with Crippen LogP contribution in [0, 0.1) is 5.92 Å². The standard InChI is InChI=1S/C14H21F3N2O2/c15-14(16,17)10-4-3-5-11(8-10)18-12(20)9-19-7-2-1-6-13(19)21/h10-11H,1-9H2,(H,18,20). The van der Waals surface area contributed by atoms with Crippen LogP contribution >= 0.6 is 0 Å². The molecule has 2 atom stereocenters. The zero-order valence-corrected chi connectivity index (χ0v) is 11.9. The fourth-order valence-corrected chi connectivity index (χ4v) is 3.09. The number of halogens is 3. The largest absolute Gasteiger partial charge is 0.391 e. The van der Waals surface area contributed by atoms with E-state index in [9.17, 15) is 22.8 Å². The van der Waals surface area contributed by atoms with Crippen LogP contribution < -0.4 is 5.32 Å². The van der Waals surface area contributed by atoms with Crippen molar-refractivity contribution in [1.29, 1.82) is 0 Å². The zero-order valence-electron chi connectivity index (χ0n) is 11.9. The van der Waals surface area contributed by atoms with Crippen molar-refractivity contribution in [3.63, 3.8) is 0 Å². The lowest BCUT2D eigenvalue weighted by atomic mass is 9.85. The second-order valence-corrected chi connectivity index (χ2v) is 5.94. The maximum Gasteiger partial charge on any atom is 0.391 e. The molecule has 0 bridgehead atoms. The van der Waals surface area contributed by atoms with Gasteiger partial charge in [-0.25, -0.2) is 0 Å². The Morgan fingerprint density at radius 1 is 1.24 bits per heavy atom. The Balaban J connectivity index is 1.80. The lowest BCUT2D eigenvalue weighted by molar-refractivity contribution is -0.184. The van der Waals surface area contributed by atoms with Gasteiger partial charge in [-0.15, -0.1) is 0 Å². The molecule has 0 spiro atoms. The summed E-state index contributed by atoms with van der Waals surface area (Å²) in [5, 5.41) is 2.66. The van der Waals surface area contributed by atoms with Crippen molar-refractivity contribution in [1.82, 2.24) is 10.2 Å². The van der Waals surface area contributed by atoms with E-state index in [1.165, 1.54) is 4.90 Å². The number of likely N-dealkylation sites (tertiary alicyclic amines) is 1. The molecule has 1 saturated carbocycles. The van der Waals surface area contributed by atoms with Crippen LogP contribution in [0.15, 0.2) is 0 Å². The van der Waals surface area contributed by atoms with Gasteiger partial charge in [0.1, 0.15) is 0 Å². The van der Waals surface area contributed by atoms with Crippen molar-refractivity contribution in [2.75, 3.05) is 13.1 Å². The number of hydrogen-bond acceptors (Lipinski definition) is 2. The van der Waals surface area contributed by atoms with Gasteiger partial charge in [0.05, 0.1) is 12.5 Å². The second-order valence-electron chi connectivity index (χ2n) is 5.94. The summed E-state index contributed by atoms with van der Waals surface area (Å²) >= 11 is 0. The van der Waals surface area contributed by atoms with Gasteiger partial charge >= 0.3 is 6.18 Å². The highest BCUT2D eigenvalue weighted by Gasteiger charge is 2.42. The highest BCUT2D eigenvalue weighted by atomic mass is 19.4. The number of alkyl halides is 3. The number of nitrogens with one attached hydrogen (secondary N) is 1. The van der Waals surface area contributed by atoms with Gasteiger partial charge in [0, 0.05) is 19.0 Å². The van der Waals surface area contributed by atoms with Crippen LogP contribution in [0.5, 0.6) is 0 Å². The average molecular weight is 306 g/mol. The number of piperidine rings is 1. The third kappa shape index (κ3) is 4.61. The van der Waals surface area contributed by atoms with Crippen molar-refractivity contribution >= 4 is 11.8 Å². The summed E-state index contributed by atoms with van der Waals surface area (Å²) in [7, 11) is 0. The molecule has 2 rings (SSSR count). The lowest BCUT2D eigenvalue weighted by Gasteiger charge is -2.32. The topological polar surface area (TPSA) is 49.4 Å². The first kappa shape index (κ1) is 16.1. The average Bonchev–Trinajstić information content (AvgIpc) is 2.41. The Labute approximate surface area is 122 Å². The van der Waals surface area contributed by atoms with E-state index in [1.54, 1.807) is 0 Å². The first-order valence-electron chi connectivity index (χ1n) is 7.50. The summed E-state index contributed by atoms with van der Waals surface area (Å²) in [5.74, 6) is -1.72. The van der Waals surface area contributed by atoms with Gasteiger partial charge in [-0.3, -0.25) is 9.59 Å². The molecule has 0 aromatic rings. The van der Waals surface area contributed by atoms with E-state index in [2.05, 4.69) is 5.32 Å². The molecule has 21 heavy (non-hydrogen) atoms. The summed E-state index contributed by atoms with van der Waals surface area (Å²) in [6, 6.07) is -0.433. The molecule has 0 radical (unpaired) electrons. The molecule has 4 nitrogen and oxygen atoms in total. The van der Waals surface area contributed by atoms with Crippen LogP contribution in [0.25, 0.3) is 0 Å². The van der Waals surface area contributed by atoms with E-state index in [1.807, 2.05) is 0 Å². The van der Waals surface area contributed by atoms with Crippen LogP contribution in [-0.2, 0) is 9.59 Å². The fraction of sp³-hybridized carbons (Fsp3) is 0.857. The van der Waals surface area contributed by atoms with E-state index in [0.717, 1.165) is 12.8 Å². The third-order valence-corrected chi connectivity index (χ3v) is 4.26. The summed E-state index contributed by atoms with van der Waals surface area (Å²) < 4.78 is 38.1. The maximum atomic E-state index is 12.7. The van der Waals surface area contributed by atoms with E-state index in [4.69, 9.17) is 0 Å². The van der Waals surface area contributed by atoms with Crippen LogP contribution in [0.4, 0.5) is 13.2 Å². The number of amides is 2. The molecule has 1 saturated heterocycles. The van der Waals surface area contributed by atoms with Gasteiger partial charge in [-0.1, -0.05) is 6.42 Å². The first-order chi connectivity index (χ1) is 9.86. The number of rotatable bonds is 3. The normalized spacial score (nSPS) is 27.6. The van der Waals surface area contributed by atoms with E-state index in [0.29, 0.717) is 25.8 Å². The monoisotopic (exact) mass is 306 g/mol. The van der Waals surface area contributed by atoms with Crippen molar-refractivity contribution < 1.29 is 22.8 Å². The zero-order chi connectivity index (χ0) is 15.5. The fourth-order valence-electron chi connectivity index (χ4n) is 3.09. The molecule has 0 aromatic heterocycles. The third-order valence-electron chi connectivity index (χ3n) is 4.26. The maximum absolute atomic E-state index is 12.7. The van der Waals surface area contributed by atoms with Crippen molar-refractivity contribution in [3.8, 4) is 0 Å². The van der Waals surface area contributed by atoms with Gasteiger partial charge in [-0.05, 0) is 32.1 Å². The van der Waals surface area contributed by atoms with Crippen LogP contribution in [-0.4, -0.2) is 42.0 Å². The summed E-state index contributed by atoms with van der Waals surface area (Å²) in [6.45, 7) is 0.522. The Kier molecular flexibility index (Phi) is 5.11. The van der Waals surface area contributed by atoms with Gasteiger partial charge in [0.2, 0.25) is 11.8 Å². The summed E-state index contributed by atoms with van der Waals surface area (Å²) in [6.07, 6.45) is -0.891. The molecule has 0 aromatic carbocycles. The van der Waals surface area contributed by atoms with Crippen molar-refractivity contribution in [2.45, 2.75) is 57.2 Å². The number of nitrogens with zero attached hydrogens (tertiary/aromatic N) is 1. The van der Waals surface area contributed by atoms with E-state index >= 15 is 0 Å². The van der Waals surface area contributed by atoms with Crippen molar-refractivity contribution in [3.05, 3.63) is 0 Å². The van der Waals surface area contributed by atoms with E-state index in [-0.39, 0.29) is 31.2 Å². The van der Waals surface area contributed by atoms with Gasteiger partial charge < -0.3 is 10.2 Å². The molecular weight excluding hydrogens is 285 g/mol. The Morgan fingerprint density at radius 2 is 2.00 bits per heavy atom. The molecule has 1 aliphatic carbocycles. The molecular formula is C14H21F3N2O2. The smallest absolute Gasteiger partial charge is 0.352 e. The predicted octanol–water partition coefficient (Wildman–Crippen LogP) is 2.24. The summed E-state index contributed by atoms with van der Waals surface area (Å²) in [5.41, 5.74) is 0. The first-order valence-corrected chi connectivity index (χ1v) is 7.50. The van der Waals surface area contributed by atoms with E-state index < -0.39 is 18.1 Å².